The van der Waals surface area contributed by atoms with Crippen molar-refractivity contribution in [2.75, 3.05) is 28.2 Å². The summed E-state index contributed by atoms with van der Waals surface area (Å²) in [5.41, 5.74) is 2.88. The molecular formula is C24H25N7O4S2. The average molecular weight is 540 g/mol. The van der Waals surface area contributed by atoms with Crippen LogP contribution < -0.4 is 14.9 Å². The van der Waals surface area contributed by atoms with E-state index < -0.39 is 16.1 Å². The van der Waals surface area contributed by atoms with Gasteiger partial charge < -0.3 is 9.84 Å². The SMILES string of the molecule is CN(c1ccc2c(n1)sc1nc(-c3ccc(NC(=O)Nc4cc(C(C)(C)C)on4)cc3)cn12)S(C)(=O)=O. The highest BCUT2D eigenvalue weighted by molar-refractivity contribution is 7.92. The minimum atomic E-state index is -3.40. The molecule has 0 bridgehead atoms. The van der Waals surface area contributed by atoms with Crippen molar-refractivity contribution in [3.8, 4) is 11.3 Å². The first-order chi connectivity index (χ1) is 17.4. The normalized spacial score (nSPS) is 12.2. The molecule has 0 saturated carbocycles. The highest BCUT2D eigenvalue weighted by Crippen LogP contribution is 2.31. The van der Waals surface area contributed by atoms with Gasteiger partial charge in [-0.2, -0.15) is 0 Å². The second kappa shape index (κ2) is 8.85. The number of carbonyl (C=O) groups excluding carboxylic acids is 1. The Bertz CT molecular complexity index is 1730. The van der Waals surface area contributed by atoms with E-state index in [-0.39, 0.29) is 5.41 Å². The summed E-state index contributed by atoms with van der Waals surface area (Å²) in [6, 6.07) is 12.1. The Kier molecular flexibility index (Phi) is 5.91. The maximum atomic E-state index is 12.4. The lowest BCUT2D eigenvalue weighted by Gasteiger charge is -2.14. The highest BCUT2D eigenvalue weighted by atomic mass is 32.2. The fourth-order valence-corrected chi connectivity index (χ4v) is 4.97. The van der Waals surface area contributed by atoms with Crippen molar-refractivity contribution >= 4 is 60.0 Å². The van der Waals surface area contributed by atoms with Crippen molar-refractivity contribution in [3.63, 3.8) is 0 Å². The number of imidazole rings is 1. The van der Waals surface area contributed by atoms with Gasteiger partial charge in [0.05, 0.1) is 17.5 Å². The van der Waals surface area contributed by atoms with Crippen LogP contribution in [0.5, 0.6) is 0 Å². The summed E-state index contributed by atoms with van der Waals surface area (Å²) in [5.74, 6) is 1.37. The number of anilines is 3. The molecule has 0 unspecified atom stereocenters. The number of nitrogens with zero attached hydrogens (tertiary/aromatic N) is 5. The van der Waals surface area contributed by atoms with Gasteiger partial charge in [0, 0.05) is 36.0 Å². The topological polar surface area (TPSA) is 135 Å². The first-order valence-electron chi connectivity index (χ1n) is 11.3. The van der Waals surface area contributed by atoms with Crippen molar-refractivity contribution < 1.29 is 17.7 Å². The molecule has 5 aromatic rings. The minimum absolute atomic E-state index is 0.207. The van der Waals surface area contributed by atoms with Crippen molar-refractivity contribution in [3.05, 3.63) is 54.4 Å². The Morgan fingerprint density at radius 2 is 1.81 bits per heavy atom. The van der Waals surface area contributed by atoms with Gasteiger partial charge in [-0.05, 0) is 24.3 Å². The van der Waals surface area contributed by atoms with Gasteiger partial charge in [-0.3, -0.25) is 14.0 Å². The van der Waals surface area contributed by atoms with Gasteiger partial charge in [0.2, 0.25) is 10.0 Å². The molecule has 13 heteroatoms. The number of nitrogens with one attached hydrogen (secondary N) is 2. The molecule has 4 aromatic heterocycles. The lowest BCUT2D eigenvalue weighted by atomic mass is 9.93. The smallest absolute Gasteiger partial charge is 0.324 e. The molecule has 2 N–H and O–H groups in total. The molecule has 4 heterocycles. The van der Waals surface area contributed by atoms with Crippen LogP contribution in [0.25, 0.3) is 26.6 Å². The lowest BCUT2D eigenvalue weighted by Crippen LogP contribution is -2.25. The molecule has 5 rings (SSSR count). The third-order valence-corrected chi connectivity index (χ3v) is 7.84. The highest BCUT2D eigenvalue weighted by Gasteiger charge is 2.20. The van der Waals surface area contributed by atoms with E-state index in [1.165, 1.54) is 18.4 Å². The van der Waals surface area contributed by atoms with Crippen molar-refractivity contribution in [2.45, 2.75) is 26.2 Å². The third kappa shape index (κ3) is 5.00. The first-order valence-corrected chi connectivity index (χ1v) is 13.9. The van der Waals surface area contributed by atoms with E-state index in [9.17, 15) is 13.2 Å². The van der Waals surface area contributed by atoms with Gasteiger partial charge in [-0.1, -0.05) is 49.4 Å². The van der Waals surface area contributed by atoms with E-state index in [1.807, 2.05) is 49.6 Å². The van der Waals surface area contributed by atoms with E-state index in [0.717, 1.165) is 32.3 Å². The molecule has 192 valence electrons. The molecule has 0 fully saturated rings. The number of amides is 2. The second-order valence-corrected chi connectivity index (χ2v) is 12.6. The number of pyridine rings is 1. The van der Waals surface area contributed by atoms with Gasteiger partial charge >= 0.3 is 6.03 Å². The molecular weight excluding hydrogens is 514 g/mol. The number of thiazole rings is 1. The predicted octanol–water partition coefficient (Wildman–Crippen LogP) is 4.94. The quantitative estimate of drug-likeness (QED) is 0.323. The van der Waals surface area contributed by atoms with Crippen molar-refractivity contribution in [1.82, 2.24) is 19.5 Å². The van der Waals surface area contributed by atoms with Crippen LogP contribution in [-0.2, 0) is 15.4 Å². The standard InChI is InChI=1S/C24H25N7O4S2/c1-24(2,3)18-12-19(29-35-18)27-22(32)25-15-8-6-14(7-9-15)16-13-31-17-10-11-20(30(4)37(5,33)34)28-21(17)36-23(31)26-16/h6-13H,1-5H3,(H2,25,27,29,32). The second-order valence-electron chi connectivity index (χ2n) is 9.59. The fraction of sp³-hybridized carbons (Fsp3) is 0.250. The van der Waals surface area contributed by atoms with E-state index in [2.05, 4.69) is 20.8 Å². The molecule has 0 saturated heterocycles. The molecule has 0 spiro atoms. The summed E-state index contributed by atoms with van der Waals surface area (Å²) in [4.78, 5) is 23.0. The van der Waals surface area contributed by atoms with E-state index in [1.54, 1.807) is 24.3 Å². The Morgan fingerprint density at radius 1 is 1.08 bits per heavy atom. The summed E-state index contributed by atoms with van der Waals surface area (Å²) in [6.45, 7) is 6.00. The summed E-state index contributed by atoms with van der Waals surface area (Å²) in [7, 11) is -1.93. The van der Waals surface area contributed by atoms with Gasteiger partial charge in [0.15, 0.2) is 10.8 Å². The van der Waals surface area contributed by atoms with Gasteiger partial charge in [0.1, 0.15) is 16.4 Å². The largest absolute Gasteiger partial charge is 0.359 e. The van der Waals surface area contributed by atoms with Crippen LogP contribution in [0.4, 0.5) is 22.1 Å². The van der Waals surface area contributed by atoms with Crippen LogP contribution in [0.15, 0.2) is 53.2 Å². The number of rotatable bonds is 5. The zero-order chi connectivity index (χ0) is 26.5. The van der Waals surface area contributed by atoms with Gasteiger partial charge in [-0.15, -0.1) is 0 Å². The summed E-state index contributed by atoms with van der Waals surface area (Å²) in [6.07, 6.45) is 3.04. The monoisotopic (exact) mass is 539 g/mol. The molecule has 37 heavy (non-hydrogen) atoms. The average Bonchev–Trinajstić information content (AvgIpc) is 3.52. The van der Waals surface area contributed by atoms with Crippen LogP contribution in [0, 0.1) is 0 Å². The molecule has 2 amide bonds. The van der Waals surface area contributed by atoms with E-state index >= 15 is 0 Å². The van der Waals surface area contributed by atoms with Crippen LogP contribution in [0.2, 0.25) is 0 Å². The molecule has 11 nitrogen and oxygen atoms in total. The number of hydrogen-bond acceptors (Lipinski definition) is 8. The fourth-order valence-electron chi connectivity index (χ4n) is 3.55. The number of aromatic nitrogens is 4. The van der Waals surface area contributed by atoms with E-state index in [0.29, 0.717) is 27.9 Å². The Morgan fingerprint density at radius 3 is 2.46 bits per heavy atom. The Labute approximate surface area is 217 Å². The Balaban J connectivity index is 1.30. The molecule has 0 aliphatic carbocycles. The van der Waals surface area contributed by atoms with E-state index in [4.69, 9.17) is 9.51 Å². The minimum Gasteiger partial charge on any atom is -0.359 e. The summed E-state index contributed by atoms with van der Waals surface area (Å²) < 4.78 is 32.0. The number of benzene rings is 1. The first kappa shape index (κ1) is 24.7. The van der Waals surface area contributed by atoms with Crippen molar-refractivity contribution in [2.24, 2.45) is 0 Å². The number of sulfonamides is 1. The maximum Gasteiger partial charge on any atom is 0.324 e. The number of carbonyl (C=O) groups is 1. The molecule has 0 aliphatic rings. The number of hydrogen-bond donors (Lipinski definition) is 2. The summed E-state index contributed by atoms with van der Waals surface area (Å²) >= 11 is 1.38. The van der Waals surface area contributed by atoms with Crippen LogP contribution in [-0.4, -0.2) is 47.3 Å². The zero-order valence-corrected chi connectivity index (χ0v) is 22.4. The maximum absolute atomic E-state index is 12.4. The molecule has 0 aliphatic heterocycles. The molecule has 0 radical (unpaired) electrons. The van der Waals surface area contributed by atoms with Crippen molar-refractivity contribution in [1.29, 1.82) is 0 Å². The predicted molar refractivity (Wildman–Crippen MR) is 145 cm³/mol. The third-order valence-electron chi connectivity index (χ3n) is 5.70. The molecule has 0 atom stereocenters. The Hall–Kier alpha value is -3.97. The lowest BCUT2D eigenvalue weighted by molar-refractivity contribution is 0.262. The van der Waals surface area contributed by atoms with Crippen LogP contribution in [0.3, 0.4) is 0 Å². The van der Waals surface area contributed by atoms with Crippen LogP contribution >= 0.6 is 11.3 Å². The van der Waals surface area contributed by atoms with Crippen LogP contribution in [0.1, 0.15) is 26.5 Å². The number of urea groups is 1. The zero-order valence-electron chi connectivity index (χ0n) is 20.8. The van der Waals surface area contributed by atoms with Gasteiger partial charge in [-0.25, -0.2) is 23.2 Å². The number of fused-ring (bicyclic) bond motifs is 3. The van der Waals surface area contributed by atoms with Gasteiger partial charge in [0.25, 0.3) is 0 Å². The molecule has 1 aromatic carbocycles. The summed E-state index contributed by atoms with van der Waals surface area (Å²) in [5, 5.41) is 9.33.